The number of carbonyl (C=O) groups is 1. The van der Waals surface area contributed by atoms with E-state index in [0.29, 0.717) is 0 Å². The summed E-state index contributed by atoms with van der Waals surface area (Å²) in [5, 5.41) is 12.2. The zero-order valence-electron chi connectivity index (χ0n) is 10.9. The molecule has 5 heteroatoms. The highest BCUT2D eigenvalue weighted by Gasteiger charge is 2.15. The van der Waals surface area contributed by atoms with Gasteiger partial charge in [-0.3, -0.25) is 10.1 Å². The first-order valence-corrected chi connectivity index (χ1v) is 6.23. The molecule has 0 aliphatic heterocycles. The quantitative estimate of drug-likeness (QED) is 0.886. The van der Waals surface area contributed by atoms with E-state index in [9.17, 15) is 9.90 Å². The number of aromatic hydroxyl groups is 1. The molecule has 2 aromatic rings. The summed E-state index contributed by atoms with van der Waals surface area (Å²) in [6.45, 7) is 3.94. The molecule has 1 heterocycles. The molecule has 1 aromatic heterocycles. The molecular weight excluding hydrogens is 244 g/mol. The summed E-state index contributed by atoms with van der Waals surface area (Å²) in [5.74, 6) is 0.262. The van der Waals surface area contributed by atoms with Crippen LogP contribution in [0.2, 0.25) is 0 Å². The average molecular weight is 260 g/mol. The molecule has 0 fully saturated rings. The predicted octanol–water partition coefficient (Wildman–Crippen LogP) is 2.76. The number of amides is 1. The molecule has 0 spiro atoms. The highest BCUT2D eigenvalue weighted by molar-refractivity contribution is 6.05. The summed E-state index contributed by atoms with van der Waals surface area (Å²) in [6, 6.07) is 6.50. The summed E-state index contributed by atoms with van der Waals surface area (Å²) in [4.78, 5) is 16.2. The predicted molar refractivity (Wildman–Crippen MR) is 71.3 cm³/mol. The zero-order valence-corrected chi connectivity index (χ0v) is 10.9. The summed E-state index contributed by atoms with van der Waals surface area (Å²) in [7, 11) is 0. The fourth-order valence-corrected chi connectivity index (χ4v) is 1.82. The Morgan fingerprint density at radius 2 is 2.05 bits per heavy atom. The first kappa shape index (κ1) is 13.1. The average Bonchev–Trinajstić information content (AvgIpc) is 2.81. The molecule has 0 bridgehead atoms. The number of nitrogens with one attached hydrogen (secondary N) is 1. The van der Waals surface area contributed by atoms with Crippen LogP contribution in [-0.4, -0.2) is 16.0 Å². The van der Waals surface area contributed by atoms with E-state index in [0.717, 1.165) is 24.3 Å². The Labute approximate surface area is 111 Å². The van der Waals surface area contributed by atoms with Crippen molar-refractivity contribution in [1.29, 1.82) is 0 Å². The third-order valence-corrected chi connectivity index (χ3v) is 2.80. The van der Waals surface area contributed by atoms with E-state index in [1.54, 1.807) is 12.1 Å². The summed E-state index contributed by atoms with van der Waals surface area (Å²) < 4.78 is 5.46. The van der Waals surface area contributed by atoms with Crippen LogP contribution in [-0.2, 0) is 12.8 Å². The lowest BCUT2D eigenvalue weighted by Crippen LogP contribution is -2.12. The Morgan fingerprint density at radius 1 is 1.32 bits per heavy atom. The van der Waals surface area contributed by atoms with Gasteiger partial charge in [-0.1, -0.05) is 26.0 Å². The number of benzene rings is 1. The number of hydrogen-bond acceptors (Lipinski definition) is 4. The lowest BCUT2D eigenvalue weighted by molar-refractivity contribution is 0.102. The van der Waals surface area contributed by atoms with Gasteiger partial charge in [-0.05, 0) is 18.6 Å². The topological polar surface area (TPSA) is 75.4 Å². The molecule has 0 radical (unpaired) electrons. The number of anilines is 1. The van der Waals surface area contributed by atoms with E-state index in [1.165, 1.54) is 12.1 Å². The lowest BCUT2D eigenvalue weighted by Gasteiger charge is -2.02. The summed E-state index contributed by atoms with van der Waals surface area (Å²) in [6.07, 6.45) is 1.47. The summed E-state index contributed by atoms with van der Waals surface area (Å²) in [5.41, 5.74) is 1.03. The van der Waals surface area contributed by atoms with Gasteiger partial charge in [0.05, 0.1) is 11.3 Å². The number of rotatable bonds is 4. The number of aromatic nitrogens is 1. The van der Waals surface area contributed by atoms with Gasteiger partial charge in [0.15, 0.2) is 0 Å². The Hall–Kier alpha value is -2.30. The highest BCUT2D eigenvalue weighted by atomic mass is 16.4. The van der Waals surface area contributed by atoms with Crippen molar-refractivity contribution in [3.63, 3.8) is 0 Å². The summed E-state index contributed by atoms with van der Waals surface area (Å²) >= 11 is 0. The van der Waals surface area contributed by atoms with Crippen molar-refractivity contribution >= 4 is 11.9 Å². The number of carbonyl (C=O) groups excluding carboxylic acids is 1. The fraction of sp³-hybridized carbons (Fsp3) is 0.286. The van der Waals surface area contributed by atoms with E-state index in [-0.39, 0.29) is 17.3 Å². The molecule has 0 unspecified atom stereocenters. The lowest BCUT2D eigenvalue weighted by atomic mass is 10.2. The Morgan fingerprint density at radius 3 is 2.63 bits per heavy atom. The third-order valence-electron chi connectivity index (χ3n) is 2.80. The van der Waals surface area contributed by atoms with E-state index in [4.69, 9.17) is 4.42 Å². The van der Waals surface area contributed by atoms with Crippen molar-refractivity contribution in [1.82, 2.24) is 4.98 Å². The van der Waals surface area contributed by atoms with E-state index in [1.807, 2.05) is 13.8 Å². The van der Waals surface area contributed by atoms with Gasteiger partial charge in [0, 0.05) is 6.42 Å². The second kappa shape index (κ2) is 5.56. The molecule has 0 aliphatic rings. The minimum atomic E-state index is -0.440. The van der Waals surface area contributed by atoms with Crippen LogP contribution < -0.4 is 5.32 Å². The smallest absolute Gasteiger partial charge is 0.302 e. The molecule has 0 saturated carbocycles. The van der Waals surface area contributed by atoms with Crippen LogP contribution in [0.3, 0.4) is 0 Å². The van der Waals surface area contributed by atoms with E-state index in [2.05, 4.69) is 10.3 Å². The number of hydrogen-bond donors (Lipinski definition) is 2. The maximum absolute atomic E-state index is 12.0. The molecule has 0 saturated heterocycles. The van der Waals surface area contributed by atoms with Crippen molar-refractivity contribution in [3.8, 4) is 5.75 Å². The highest BCUT2D eigenvalue weighted by Crippen LogP contribution is 2.20. The monoisotopic (exact) mass is 260 g/mol. The van der Waals surface area contributed by atoms with Crippen molar-refractivity contribution in [2.24, 2.45) is 0 Å². The number of aryl methyl sites for hydroxylation is 2. The van der Waals surface area contributed by atoms with Crippen LogP contribution in [0, 0.1) is 0 Å². The van der Waals surface area contributed by atoms with Gasteiger partial charge in [0.1, 0.15) is 11.5 Å². The van der Waals surface area contributed by atoms with Gasteiger partial charge in [-0.2, -0.15) is 4.98 Å². The van der Waals surface area contributed by atoms with Crippen LogP contribution in [0.25, 0.3) is 0 Å². The van der Waals surface area contributed by atoms with Crippen molar-refractivity contribution in [3.05, 3.63) is 41.3 Å². The Kier molecular flexibility index (Phi) is 3.85. The number of phenolic OH excluding ortho intramolecular Hbond substituents is 1. The molecule has 5 nitrogen and oxygen atoms in total. The molecule has 1 amide bonds. The second-order valence-corrected chi connectivity index (χ2v) is 4.07. The van der Waals surface area contributed by atoms with Crippen LogP contribution in [0.15, 0.2) is 28.7 Å². The SMILES string of the molecule is CCc1nc(NC(=O)c2ccccc2O)oc1CC. The zero-order chi connectivity index (χ0) is 13.8. The molecule has 1 aromatic carbocycles. The standard InChI is InChI=1S/C14H16N2O3/c1-3-10-12(4-2)19-14(15-10)16-13(18)9-7-5-6-8-11(9)17/h5-8,17H,3-4H2,1-2H3,(H,15,16,18). The van der Waals surface area contributed by atoms with Gasteiger partial charge in [-0.25, -0.2) is 0 Å². The molecule has 100 valence electrons. The van der Waals surface area contributed by atoms with Crippen molar-refractivity contribution in [2.45, 2.75) is 26.7 Å². The normalized spacial score (nSPS) is 10.4. The maximum atomic E-state index is 12.0. The van der Waals surface area contributed by atoms with Gasteiger partial charge >= 0.3 is 6.01 Å². The Balaban J connectivity index is 2.20. The second-order valence-electron chi connectivity index (χ2n) is 4.07. The molecule has 19 heavy (non-hydrogen) atoms. The molecule has 2 rings (SSSR count). The largest absolute Gasteiger partial charge is 0.507 e. The van der Waals surface area contributed by atoms with Crippen LogP contribution in [0.4, 0.5) is 6.01 Å². The van der Waals surface area contributed by atoms with Crippen LogP contribution in [0.1, 0.15) is 35.7 Å². The van der Waals surface area contributed by atoms with Crippen LogP contribution in [0.5, 0.6) is 5.75 Å². The third kappa shape index (κ3) is 2.76. The van der Waals surface area contributed by atoms with Gasteiger partial charge in [0.25, 0.3) is 5.91 Å². The first-order chi connectivity index (χ1) is 9.15. The number of phenols is 1. The Bertz CT molecular complexity index is 569. The van der Waals surface area contributed by atoms with Crippen molar-refractivity contribution < 1.29 is 14.3 Å². The van der Waals surface area contributed by atoms with Gasteiger partial charge in [0.2, 0.25) is 0 Å². The maximum Gasteiger partial charge on any atom is 0.302 e. The van der Waals surface area contributed by atoms with Gasteiger partial charge < -0.3 is 9.52 Å². The van der Waals surface area contributed by atoms with Gasteiger partial charge in [-0.15, -0.1) is 0 Å². The first-order valence-electron chi connectivity index (χ1n) is 6.23. The number of oxazole rings is 1. The molecule has 0 aliphatic carbocycles. The van der Waals surface area contributed by atoms with E-state index >= 15 is 0 Å². The molecule has 2 N–H and O–H groups in total. The number of para-hydroxylation sites is 1. The minimum absolute atomic E-state index is 0.0713. The fourth-order valence-electron chi connectivity index (χ4n) is 1.82. The van der Waals surface area contributed by atoms with Crippen LogP contribution >= 0.6 is 0 Å². The van der Waals surface area contributed by atoms with Crippen molar-refractivity contribution in [2.75, 3.05) is 5.32 Å². The number of nitrogens with zero attached hydrogens (tertiary/aromatic N) is 1. The molecular formula is C14H16N2O3. The molecule has 0 atom stereocenters. The van der Waals surface area contributed by atoms with E-state index < -0.39 is 5.91 Å². The minimum Gasteiger partial charge on any atom is -0.507 e.